The van der Waals surface area contributed by atoms with Gasteiger partial charge in [-0.3, -0.25) is 14.9 Å². The summed E-state index contributed by atoms with van der Waals surface area (Å²) in [4.78, 5) is 31.5. The average molecular weight is 431 g/mol. The van der Waals surface area contributed by atoms with Crippen molar-refractivity contribution in [3.63, 3.8) is 0 Å². The van der Waals surface area contributed by atoms with Crippen LogP contribution in [0.5, 0.6) is 11.5 Å². The summed E-state index contributed by atoms with van der Waals surface area (Å²) in [6, 6.07) is 5.61. The van der Waals surface area contributed by atoms with E-state index < -0.39 is 0 Å². The predicted molar refractivity (Wildman–Crippen MR) is 114 cm³/mol. The van der Waals surface area contributed by atoms with Crippen LogP contribution in [0, 0.1) is 0 Å². The lowest BCUT2D eigenvalue weighted by Gasteiger charge is -2.33. The number of hydrogen-bond acceptors (Lipinski definition) is 7. The van der Waals surface area contributed by atoms with Gasteiger partial charge in [-0.1, -0.05) is 6.42 Å². The van der Waals surface area contributed by atoms with E-state index in [0.29, 0.717) is 40.5 Å². The SMILES string of the molecule is C[C@@H]1CCCCN1CCCNC(=O)c1csc(NC(=O)c2ccc3c(c2)OCO3)n1. The van der Waals surface area contributed by atoms with E-state index >= 15 is 0 Å². The number of anilines is 1. The zero-order valence-corrected chi connectivity index (χ0v) is 17.8. The van der Waals surface area contributed by atoms with E-state index in [2.05, 4.69) is 27.4 Å². The maximum atomic E-state index is 12.4. The molecule has 2 amide bonds. The van der Waals surface area contributed by atoms with Crippen LogP contribution < -0.4 is 20.1 Å². The maximum absolute atomic E-state index is 12.4. The lowest BCUT2D eigenvalue weighted by molar-refractivity contribution is 0.0943. The van der Waals surface area contributed by atoms with Crippen LogP contribution in [-0.4, -0.2) is 54.2 Å². The molecule has 9 heteroatoms. The highest BCUT2D eigenvalue weighted by Crippen LogP contribution is 2.32. The molecule has 0 radical (unpaired) electrons. The number of amides is 2. The van der Waals surface area contributed by atoms with Crippen LogP contribution in [0.3, 0.4) is 0 Å². The zero-order chi connectivity index (χ0) is 20.9. The number of aromatic nitrogens is 1. The Labute approximate surface area is 179 Å². The van der Waals surface area contributed by atoms with Crippen molar-refractivity contribution >= 4 is 28.3 Å². The highest BCUT2D eigenvalue weighted by Gasteiger charge is 2.19. The van der Waals surface area contributed by atoms with Gasteiger partial charge in [-0.15, -0.1) is 11.3 Å². The summed E-state index contributed by atoms with van der Waals surface area (Å²) in [6.07, 6.45) is 4.74. The van der Waals surface area contributed by atoms with Crippen LogP contribution >= 0.6 is 11.3 Å². The zero-order valence-electron chi connectivity index (χ0n) is 17.0. The summed E-state index contributed by atoms with van der Waals surface area (Å²) in [5.74, 6) is 0.627. The van der Waals surface area contributed by atoms with Crippen LogP contribution in [0.1, 0.15) is 53.5 Å². The smallest absolute Gasteiger partial charge is 0.270 e. The fourth-order valence-electron chi connectivity index (χ4n) is 3.71. The molecule has 1 aromatic carbocycles. The number of benzene rings is 1. The summed E-state index contributed by atoms with van der Waals surface area (Å²) in [5, 5.41) is 7.67. The average Bonchev–Trinajstić information content (AvgIpc) is 3.41. The van der Waals surface area contributed by atoms with Gasteiger partial charge in [0.1, 0.15) is 5.69 Å². The minimum Gasteiger partial charge on any atom is -0.454 e. The van der Waals surface area contributed by atoms with E-state index in [-0.39, 0.29) is 18.6 Å². The Morgan fingerprint density at radius 1 is 1.23 bits per heavy atom. The van der Waals surface area contributed by atoms with Gasteiger partial charge in [-0.2, -0.15) is 0 Å². The van der Waals surface area contributed by atoms with Gasteiger partial charge in [0.05, 0.1) is 0 Å². The van der Waals surface area contributed by atoms with Crippen molar-refractivity contribution in [1.29, 1.82) is 0 Å². The number of nitrogens with zero attached hydrogens (tertiary/aromatic N) is 2. The van der Waals surface area contributed by atoms with Crippen LogP contribution in [0.2, 0.25) is 0 Å². The van der Waals surface area contributed by atoms with Crippen molar-refractivity contribution < 1.29 is 19.1 Å². The number of thiazole rings is 1. The van der Waals surface area contributed by atoms with Gasteiger partial charge in [0.15, 0.2) is 16.6 Å². The number of hydrogen-bond donors (Lipinski definition) is 2. The molecular formula is C21H26N4O4S. The van der Waals surface area contributed by atoms with Gasteiger partial charge in [-0.25, -0.2) is 4.98 Å². The predicted octanol–water partition coefficient (Wildman–Crippen LogP) is 3.12. The van der Waals surface area contributed by atoms with E-state index in [1.807, 2.05) is 0 Å². The van der Waals surface area contributed by atoms with Gasteiger partial charge in [-0.05, 0) is 50.9 Å². The molecule has 0 saturated carbocycles. The molecule has 2 aliphatic heterocycles. The molecule has 0 unspecified atom stereocenters. The fourth-order valence-corrected chi connectivity index (χ4v) is 4.39. The number of piperidine rings is 1. The van der Waals surface area contributed by atoms with Crippen molar-refractivity contribution in [2.24, 2.45) is 0 Å². The molecule has 2 aromatic rings. The van der Waals surface area contributed by atoms with E-state index in [4.69, 9.17) is 9.47 Å². The largest absolute Gasteiger partial charge is 0.454 e. The van der Waals surface area contributed by atoms with Crippen molar-refractivity contribution in [2.75, 3.05) is 31.7 Å². The summed E-state index contributed by atoms with van der Waals surface area (Å²) in [6.45, 7) is 5.18. The Balaban J connectivity index is 1.24. The number of carbonyl (C=O) groups is 2. The molecule has 4 rings (SSSR count). The monoisotopic (exact) mass is 430 g/mol. The molecule has 1 fully saturated rings. The molecule has 160 valence electrons. The maximum Gasteiger partial charge on any atom is 0.270 e. The van der Waals surface area contributed by atoms with Gasteiger partial charge in [0.2, 0.25) is 6.79 Å². The molecule has 2 N–H and O–H groups in total. The number of carbonyl (C=O) groups excluding carboxylic acids is 2. The fraction of sp³-hybridized carbons (Fsp3) is 0.476. The molecule has 30 heavy (non-hydrogen) atoms. The number of nitrogens with one attached hydrogen (secondary N) is 2. The molecule has 1 aromatic heterocycles. The first-order valence-corrected chi connectivity index (χ1v) is 11.2. The molecule has 0 bridgehead atoms. The second-order valence-electron chi connectivity index (χ2n) is 7.55. The minimum absolute atomic E-state index is 0.155. The molecule has 1 atom stereocenters. The Morgan fingerprint density at radius 3 is 2.97 bits per heavy atom. The molecular weight excluding hydrogens is 404 g/mol. The van der Waals surface area contributed by atoms with Crippen molar-refractivity contribution in [2.45, 2.75) is 38.6 Å². The van der Waals surface area contributed by atoms with E-state index in [1.165, 1.54) is 30.6 Å². The highest BCUT2D eigenvalue weighted by atomic mass is 32.1. The number of fused-ring (bicyclic) bond motifs is 1. The van der Waals surface area contributed by atoms with Crippen LogP contribution in [0.25, 0.3) is 0 Å². The Kier molecular flexibility index (Phi) is 6.49. The topological polar surface area (TPSA) is 92.8 Å². The summed E-state index contributed by atoms with van der Waals surface area (Å²) in [7, 11) is 0. The lowest BCUT2D eigenvalue weighted by Crippen LogP contribution is -2.39. The first-order chi connectivity index (χ1) is 14.6. The van der Waals surface area contributed by atoms with E-state index in [0.717, 1.165) is 19.5 Å². The third kappa shape index (κ3) is 4.91. The van der Waals surface area contributed by atoms with Crippen LogP contribution in [-0.2, 0) is 0 Å². The number of ether oxygens (including phenoxy) is 2. The third-order valence-corrected chi connectivity index (χ3v) is 6.20. The quantitative estimate of drug-likeness (QED) is 0.656. The standard InChI is InChI=1S/C21H26N4O4S/c1-14-5-2-3-9-25(14)10-4-8-22-20(27)16-12-30-21(23-16)24-19(26)15-6-7-17-18(11-15)29-13-28-17/h6-7,11-12,14H,2-5,8-10,13H2,1H3,(H,22,27)(H,23,24,26)/t14-/m1/s1. The van der Waals surface area contributed by atoms with Crippen molar-refractivity contribution in [3.05, 3.63) is 34.8 Å². The van der Waals surface area contributed by atoms with E-state index in [1.54, 1.807) is 23.6 Å². The summed E-state index contributed by atoms with van der Waals surface area (Å²) in [5.41, 5.74) is 0.750. The first-order valence-electron chi connectivity index (χ1n) is 10.3. The van der Waals surface area contributed by atoms with Crippen LogP contribution in [0.4, 0.5) is 5.13 Å². The Bertz CT molecular complexity index is 916. The van der Waals surface area contributed by atoms with Gasteiger partial charge in [0.25, 0.3) is 11.8 Å². The van der Waals surface area contributed by atoms with Crippen LogP contribution in [0.15, 0.2) is 23.6 Å². The summed E-state index contributed by atoms with van der Waals surface area (Å²) >= 11 is 1.22. The highest BCUT2D eigenvalue weighted by molar-refractivity contribution is 7.14. The molecule has 3 heterocycles. The second kappa shape index (κ2) is 9.44. The van der Waals surface area contributed by atoms with Crippen molar-refractivity contribution in [3.8, 4) is 11.5 Å². The number of rotatable bonds is 7. The first kappa shape index (κ1) is 20.6. The normalized spacial score (nSPS) is 18.2. The van der Waals surface area contributed by atoms with E-state index in [9.17, 15) is 9.59 Å². The molecule has 1 saturated heterocycles. The number of likely N-dealkylation sites (tertiary alicyclic amines) is 1. The third-order valence-electron chi connectivity index (χ3n) is 5.44. The lowest BCUT2D eigenvalue weighted by atomic mass is 10.0. The van der Waals surface area contributed by atoms with Crippen molar-refractivity contribution in [1.82, 2.24) is 15.2 Å². The van der Waals surface area contributed by atoms with Gasteiger partial charge < -0.3 is 19.7 Å². The van der Waals surface area contributed by atoms with Gasteiger partial charge >= 0.3 is 0 Å². The minimum atomic E-state index is -0.315. The summed E-state index contributed by atoms with van der Waals surface area (Å²) < 4.78 is 10.5. The Hall–Kier alpha value is -2.65. The Morgan fingerprint density at radius 2 is 2.10 bits per heavy atom. The van der Waals surface area contributed by atoms with Gasteiger partial charge in [0, 0.05) is 30.1 Å². The second-order valence-corrected chi connectivity index (χ2v) is 8.41. The molecule has 2 aliphatic rings. The molecule has 0 spiro atoms. The molecule has 0 aliphatic carbocycles. The molecule has 8 nitrogen and oxygen atoms in total.